The van der Waals surface area contributed by atoms with Crippen molar-refractivity contribution >= 4 is 12.0 Å². The normalized spacial score (nSPS) is 13.0. The number of rotatable bonds is 5. The summed E-state index contributed by atoms with van der Waals surface area (Å²) >= 11 is 0. The Morgan fingerprint density at radius 2 is 1.83 bits per heavy atom. The van der Waals surface area contributed by atoms with Gasteiger partial charge >= 0.3 is 12.0 Å². The van der Waals surface area contributed by atoms with Crippen molar-refractivity contribution in [2.45, 2.75) is 39.3 Å². The molecule has 2 amide bonds. The van der Waals surface area contributed by atoms with Crippen LogP contribution in [0.15, 0.2) is 0 Å². The fourth-order valence-electron chi connectivity index (χ4n) is 1.46. The van der Waals surface area contributed by atoms with Gasteiger partial charge in [0.25, 0.3) is 0 Å². The van der Waals surface area contributed by atoms with E-state index in [2.05, 4.69) is 0 Å². The number of methoxy groups -OCH3 is 1. The maximum Gasteiger partial charge on any atom is 0.323 e. The molecule has 106 valence electrons. The molecule has 0 aliphatic heterocycles. The fourth-order valence-corrected chi connectivity index (χ4v) is 1.46. The third-order valence-corrected chi connectivity index (χ3v) is 2.70. The first-order valence-electron chi connectivity index (χ1n) is 5.86. The lowest BCUT2D eigenvalue weighted by Gasteiger charge is -2.38. The Kier molecular flexibility index (Phi) is 6.11. The summed E-state index contributed by atoms with van der Waals surface area (Å²) in [5, 5.41) is 8.88. The first-order chi connectivity index (χ1) is 8.11. The van der Waals surface area contributed by atoms with E-state index in [4.69, 9.17) is 9.84 Å². The largest absolute Gasteiger partial charge is 0.480 e. The second-order valence-corrected chi connectivity index (χ2v) is 5.35. The number of hydrogen-bond acceptors (Lipinski definition) is 3. The number of ether oxygens (including phenoxy) is 1. The van der Waals surface area contributed by atoms with Crippen LogP contribution in [0.4, 0.5) is 4.79 Å². The smallest absolute Gasteiger partial charge is 0.323 e. The Hall–Kier alpha value is -1.30. The molecule has 0 fully saturated rings. The topological polar surface area (TPSA) is 70.1 Å². The quantitative estimate of drug-likeness (QED) is 0.808. The van der Waals surface area contributed by atoms with Crippen molar-refractivity contribution in [2.75, 3.05) is 27.3 Å². The SMILES string of the molecule is COCC(C)N(C)C(=O)N(CC(=O)O)C(C)(C)C. The van der Waals surface area contributed by atoms with E-state index in [0.29, 0.717) is 6.61 Å². The van der Waals surface area contributed by atoms with Crippen LogP contribution < -0.4 is 0 Å². The Morgan fingerprint density at radius 1 is 1.33 bits per heavy atom. The van der Waals surface area contributed by atoms with Crippen molar-refractivity contribution < 1.29 is 19.4 Å². The summed E-state index contributed by atoms with van der Waals surface area (Å²) in [5.74, 6) is -1.02. The van der Waals surface area contributed by atoms with E-state index in [-0.39, 0.29) is 18.6 Å². The van der Waals surface area contributed by atoms with Gasteiger partial charge in [0.1, 0.15) is 6.54 Å². The van der Waals surface area contributed by atoms with Crippen LogP contribution in [0.2, 0.25) is 0 Å². The van der Waals surface area contributed by atoms with Crippen LogP contribution in [0.25, 0.3) is 0 Å². The van der Waals surface area contributed by atoms with E-state index >= 15 is 0 Å². The van der Waals surface area contributed by atoms with Crippen molar-refractivity contribution in [2.24, 2.45) is 0 Å². The van der Waals surface area contributed by atoms with Gasteiger partial charge in [-0.1, -0.05) is 0 Å². The average Bonchev–Trinajstić information content (AvgIpc) is 2.22. The predicted octanol–water partition coefficient (Wildman–Crippen LogP) is 1.26. The van der Waals surface area contributed by atoms with Gasteiger partial charge in [-0.2, -0.15) is 0 Å². The Morgan fingerprint density at radius 3 is 2.17 bits per heavy atom. The summed E-state index contributed by atoms with van der Waals surface area (Å²) in [4.78, 5) is 25.9. The third-order valence-electron chi connectivity index (χ3n) is 2.70. The maximum atomic E-state index is 12.3. The van der Waals surface area contributed by atoms with Crippen LogP contribution in [0.5, 0.6) is 0 Å². The number of hydrogen-bond donors (Lipinski definition) is 1. The molecule has 18 heavy (non-hydrogen) atoms. The molecule has 0 heterocycles. The fraction of sp³-hybridized carbons (Fsp3) is 0.833. The van der Waals surface area contributed by atoms with E-state index < -0.39 is 11.5 Å². The van der Waals surface area contributed by atoms with Crippen LogP contribution in [0.3, 0.4) is 0 Å². The minimum atomic E-state index is -1.02. The highest BCUT2D eigenvalue weighted by molar-refractivity contribution is 5.80. The van der Waals surface area contributed by atoms with E-state index in [1.54, 1.807) is 14.2 Å². The lowest BCUT2D eigenvalue weighted by atomic mass is 10.1. The lowest BCUT2D eigenvalue weighted by molar-refractivity contribution is -0.138. The van der Waals surface area contributed by atoms with Gasteiger partial charge in [-0.25, -0.2) is 4.79 Å². The minimum Gasteiger partial charge on any atom is -0.480 e. The maximum absolute atomic E-state index is 12.3. The molecule has 6 heteroatoms. The summed E-state index contributed by atoms with van der Waals surface area (Å²) in [7, 11) is 3.21. The molecule has 0 aromatic heterocycles. The first kappa shape index (κ1) is 16.7. The summed E-state index contributed by atoms with van der Waals surface area (Å²) in [5.41, 5.74) is -0.545. The summed E-state index contributed by atoms with van der Waals surface area (Å²) < 4.78 is 4.99. The van der Waals surface area contributed by atoms with Gasteiger partial charge in [0.2, 0.25) is 0 Å². The van der Waals surface area contributed by atoms with Gasteiger partial charge in [-0.3, -0.25) is 4.79 Å². The number of carbonyl (C=O) groups excluding carboxylic acids is 1. The zero-order valence-electron chi connectivity index (χ0n) is 12.1. The Balaban J connectivity index is 4.90. The lowest BCUT2D eigenvalue weighted by Crippen LogP contribution is -2.55. The number of carboxylic acid groups (broad SMARTS) is 1. The monoisotopic (exact) mass is 260 g/mol. The van der Waals surface area contributed by atoms with Gasteiger partial charge < -0.3 is 19.6 Å². The molecule has 0 aromatic rings. The highest BCUT2D eigenvalue weighted by atomic mass is 16.5. The molecule has 1 atom stereocenters. The van der Waals surface area contributed by atoms with Crippen LogP contribution in [0, 0.1) is 0 Å². The Labute approximate surface area is 109 Å². The molecule has 6 nitrogen and oxygen atoms in total. The van der Waals surface area contributed by atoms with Crippen molar-refractivity contribution in [3.8, 4) is 0 Å². The van der Waals surface area contributed by atoms with Gasteiger partial charge in [0, 0.05) is 19.7 Å². The first-order valence-corrected chi connectivity index (χ1v) is 5.86. The van der Waals surface area contributed by atoms with Crippen molar-refractivity contribution in [1.82, 2.24) is 9.80 Å². The van der Waals surface area contributed by atoms with Gasteiger partial charge in [-0.15, -0.1) is 0 Å². The van der Waals surface area contributed by atoms with Gasteiger partial charge in [0.15, 0.2) is 0 Å². The van der Waals surface area contributed by atoms with Crippen molar-refractivity contribution in [3.05, 3.63) is 0 Å². The summed E-state index contributed by atoms with van der Waals surface area (Å²) in [6, 6.07) is -0.421. The van der Waals surface area contributed by atoms with Crippen LogP contribution >= 0.6 is 0 Å². The van der Waals surface area contributed by atoms with E-state index in [1.807, 2.05) is 27.7 Å². The zero-order chi connectivity index (χ0) is 14.5. The second-order valence-electron chi connectivity index (χ2n) is 5.35. The van der Waals surface area contributed by atoms with Crippen molar-refractivity contribution in [3.63, 3.8) is 0 Å². The van der Waals surface area contributed by atoms with Crippen LogP contribution in [-0.2, 0) is 9.53 Å². The number of amides is 2. The predicted molar refractivity (Wildman–Crippen MR) is 68.6 cm³/mol. The summed E-state index contributed by atoms with van der Waals surface area (Å²) in [6.07, 6.45) is 0. The molecular formula is C12H24N2O4. The van der Waals surface area contributed by atoms with Crippen molar-refractivity contribution in [1.29, 1.82) is 0 Å². The summed E-state index contributed by atoms with van der Waals surface area (Å²) in [6.45, 7) is 7.37. The highest BCUT2D eigenvalue weighted by Crippen LogP contribution is 2.16. The number of likely N-dealkylation sites (N-methyl/N-ethyl adjacent to an activating group) is 1. The molecule has 0 saturated carbocycles. The third kappa shape index (κ3) is 4.91. The molecule has 0 aliphatic rings. The standard InChI is InChI=1S/C12H24N2O4/c1-9(8-18-6)13(5)11(17)14(7-10(15)16)12(2,3)4/h9H,7-8H2,1-6H3,(H,15,16). The van der Waals surface area contributed by atoms with Gasteiger partial charge in [-0.05, 0) is 27.7 Å². The highest BCUT2D eigenvalue weighted by Gasteiger charge is 2.31. The molecule has 0 rings (SSSR count). The molecule has 1 unspecified atom stereocenters. The molecule has 0 radical (unpaired) electrons. The number of carbonyl (C=O) groups is 2. The molecular weight excluding hydrogens is 236 g/mol. The van der Waals surface area contributed by atoms with Crippen LogP contribution in [-0.4, -0.2) is 65.8 Å². The molecule has 0 aliphatic carbocycles. The minimum absolute atomic E-state index is 0.110. The van der Waals surface area contributed by atoms with Crippen LogP contribution in [0.1, 0.15) is 27.7 Å². The number of urea groups is 1. The van der Waals surface area contributed by atoms with Gasteiger partial charge in [0.05, 0.1) is 12.6 Å². The zero-order valence-corrected chi connectivity index (χ0v) is 12.1. The molecule has 0 spiro atoms. The van der Waals surface area contributed by atoms with E-state index in [0.717, 1.165) is 0 Å². The molecule has 0 aromatic carbocycles. The average molecular weight is 260 g/mol. The number of carboxylic acids is 1. The van der Waals surface area contributed by atoms with E-state index in [1.165, 1.54) is 9.80 Å². The second kappa shape index (κ2) is 6.58. The molecule has 0 saturated heterocycles. The Bertz CT molecular complexity index is 299. The number of nitrogens with zero attached hydrogens (tertiary/aromatic N) is 2. The molecule has 0 bridgehead atoms. The molecule has 1 N–H and O–H groups in total. The number of aliphatic carboxylic acids is 1. The van der Waals surface area contributed by atoms with E-state index in [9.17, 15) is 9.59 Å².